The maximum atomic E-state index is 6.26. The first-order valence-corrected chi connectivity index (χ1v) is 18.0. The molecule has 0 unspecified atom stereocenters. The molecule has 0 spiro atoms. The number of hydrogen-bond acceptors (Lipinski definition) is 6. The number of pyridine rings is 1. The molecular formula is C46H26N4OS. The van der Waals surface area contributed by atoms with Gasteiger partial charge in [-0.3, -0.25) is 0 Å². The van der Waals surface area contributed by atoms with Crippen LogP contribution in [0, 0.1) is 0 Å². The maximum absolute atomic E-state index is 6.26. The zero-order chi connectivity index (χ0) is 34.2. The summed E-state index contributed by atoms with van der Waals surface area (Å²) in [5, 5.41) is 7.68. The molecule has 0 aliphatic carbocycles. The topological polar surface area (TPSA) is 64.7 Å². The molecule has 0 aliphatic rings. The molecule has 52 heavy (non-hydrogen) atoms. The number of aromatic nitrogens is 4. The summed E-state index contributed by atoms with van der Waals surface area (Å²) in [6.07, 6.45) is 0. The highest BCUT2D eigenvalue weighted by Crippen LogP contribution is 2.43. The lowest BCUT2D eigenvalue weighted by molar-refractivity contribution is 0.669. The summed E-state index contributed by atoms with van der Waals surface area (Å²) >= 11 is 1.81. The van der Waals surface area contributed by atoms with E-state index in [1.54, 1.807) is 0 Å². The van der Waals surface area contributed by atoms with Crippen molar-refractivity contribution in [3.05, 3.63) is 158 Å². The number of benzene rings is 7. The summed E-state index contributed by atoms with van der Waals surface area (Å²) in [6, 6.07) is 54.3. The van der Waals surface area contributed by atoms with Crippen LogP contribution in [0.3, 0.4) is 0 Å². The van der Waals surface area contributed by atoms with E-state index in [0.717, 1.165) is 71.6 Å². The van der Waals surface area contributed by atoms with Gasteiger partial charge < -0.3 is 4.42 Å². The Kier molecular flexibility index (Phi) is 6.35. The Morgan fingerprint density at radius 3 is 1.81 bits per heavy atom. The number of fused-ring (bicyclic) bond motifs is 9. The van der Waals surface area contributed by atoms with Gasteiger partial charge in [-0.05, 0) is 35.0 Å². The summed E-state index contributed by atoms with van der Waals surface area (Å²) in [5.41, 5.74) is 7.45. The van der Waals surface area contributed by atoms with Crippen LogP contribution in [0.5, 0.6) is 0 Å². The molecule has 0 saturated heterocycles. The molecule has 0 radical (unpaired) electrons. The minimum Gasteiger partial charge on any atom is -0.456 e. The molecule has 11 aromatic rings. The number of furan rings is 1. The highest BCUT2D eigenvalue weighted by Gasteiger charge is 2.21. The lowest BCUT2D eigenvalue weighted by Crippen LogP contribution is -2.01. The van der Waals surface area contributed by atoms with Gasteiger partial charge in [-0.25, -0.2) is 19.9 Å². The first-order chi connectivity index (χ1) is 25.8. The average molecular weight is 683 g/mol. The van der Waals surface area contributed by atoms with E-state index in [2.05, 4.69) is 97.1 Å². The van der Waals surface area contributed by atoms with Gasteiger partial charge in [0.15, 0.2) is 17.5 Å². The van der Waals surface area contributed by atoms with Gasteiger partial charge >= 0.3 is 0 Å². The van der Waals surface area contributed by atoms with Gasteiger partial charge in [-0.1, -0.05) is 133 Å². The van der Waals surface area contributed by atoms with Crippen molar-refractivity contribution in [3.8, 4) is 45.4 Å². The molecule has 242 valence electrons. The van der Waals surface area contributed by atoms with E-state index >= 15 is 0 Å². The highest BCUT2D eigenvalue weighted by molar-refractivity contribution is 7.26. The Morgan fingerprint density at radius 1 is 0.385 bits per heavy atom. The lowest BCUT2D eigenvalue weighted by Gasteiger charge is -2.14. The number of thiophene rings is 1. The van der Waals surface area contributed by atoms with Crippen molar-refractivity contribution in [2.24, 2.45) is 0 Å². The molecule has 5 nitrogen and oxygen atoms in total. The molecule has 0 aliphatic heterocycles. The van der Waals surface area contributed by atoms with E-state index in [0.29, 0.717) is 17.5 Å². The Balaban J connectivity index is 1.17. The zero-order valence-corrected chi connectivity index (χ0v) is 28.4. The van der Waals surface area contributed by atoms with Crippen LogP contribution in [-0.4, -0.2) is 19.9 Å². The van der Waals surface area contributed by atoms with Crippen LogP contribution in [0.25, 0.3) is 109 Å². The van der Waals surface area contributed by atoms with Crippen molar-refractivity contribution in [2.45, 2.75) is 0 Å². The van der Waals surface area contributed by atoms with E-state index in [1.807, 2.05) is 72.0 Å². The van der Waals surface area contributed by atoms with E-state index < -0.39 is 0 Å². The summed E-state index contributed by atoms with van der Waals surface area (Å²) in [7, 11) is 0. The molecule has 6 heteroatoms. The van der Waals surface area contributed by atoms with Crippen LogP contribution in [0.15, 0.2) is 162 Å². The van der Waals surface area contributed by atoms with Crippen LogP contribution < -0.4 is 0 Å². The summed E-state index contributed by atoms with van der Waals surface area (Å²) < 4.78 is 8.71. The molecule has 4 aromatic heterocycles. The molecule has 0 amide bonds. The molecule has 11 rings (SSSR count). The predicted molar refractivity (Wildman–Crippen MR) is 215 cm³/mol. The Bertz CT molecular complexity index is 3200. The Morgan fingerprint density at radius 2 is 0.981 bits per heavy atom. The van der Waals surface area contributed by atoms with Gasteiger partial charge in [0, 0.05) is 53.9 Å². The fourth-order valence-electron chi connectivity index (χ4n) is 7.59. The summed E-state index contributed by atoms with van der Waals surface area (Å²) in [5.74, 6) is 1.81. The van der Waals surface area contributed by atoms with Gasteiger partial charge in [0.05, 0.1) is 15.9 Å². The monoisotopic (exact) mass is 682 g/mol. The van der Waals surface area contributed by atoms with Crippen molar-refractivity contribution in [1.82, 2.24) is 19.9 Å². The van der Waals surface area contributed by atoms with Gasteiger partial charge in [0.1, 0.15) is 11.2 Å². The van der Waals surface area contributed by atoms with E-state index in [-0.39, 0.29) is 0 Å². The third-order valence-electron chi connectivity index (χ3n) is 9.95. The first kappa shape index (κ1) is 29.0. The molecule has 7 aromatic carbocycles. The third kappa shape index (κ3) is 4.41. The molecule has 0 N–H and O–H groups in total. The van der Waals surface area contributed by atoms with Crippen molar-refractivity contribution >= 4 is 75.1 Å². The predicted octanol–water partition coefficient (Wildman–Crippen LogP) is 12.5. The van der Waals surface area contributed by atoms with Crippen LogP contribution in [0.4, 0.5) is 0 Å². The second-order valence-electron chi connectivity index (χ2n) is 12.9. The smallest absolute Gasteiger partial charge is 0.164 e. The SMILES string of the molecule is c1ccc(-c2nc(-c3ccc(-c4nc5c6ccccc6sc5c5ccccc45)c4ccccc34)nc(-c3cccc4oc5ccccc5c34)n2)cc1. The fourth-order valence-corrected chi connectivity index (χ4v) is 8.77. The van der Waals surface area contributed by atoms with E-state index in [4.69, 9.17) is 24.4 Å². The quantitative estimate of drug-likeness (QED) is 0.185. The third-order valence-corrected chi connectivity index (χ3v) is 11.1. The minimum atomic E-state index is 0.594. The molecule has 0 bridgehead atoms. The summed E-state index contributed by atoms with van der Waals surface area (Å²) in [4.78, 5) is 20.9. The minimum absolute atomic E-state index is 0.594. The molecule has 4 heterocycles. The molecule has 0 atom stereocenters. The highest BCUT2D eigenvalue weighted by atomic mass is 32.1. The van der Waals surface area contributed by atoms with Crippen molar-refractivity contribution in [3.63, 3.8) is 0 Å². The lowest BCUT2D eigenvalue weighted by atomic mass is 9.94. The van der Waals surface area contributed by atoms with Gasteiger partial charge in [0.25, 0.3) is 0 Å². The molecule has 0 saturated carbocycles. The van der Waals surface area contributed by atoms with E-state index in [1.165, 1.54) is 20.2 Å². The fraction of sp³-hybridized carbons (Fsp3) is 0. The number of nitrogens with zero attached hydrogens (tertiary/aromatic N) is 4. The Hall–Kier alpha value is -6.76. The standard InChI is InChI=1S/C46H26N4OS/c1-2-13-27(14-3-1)44-48-45(50-46(49-44)36-21-12-23-38-40(36)34-19-8-10-22-37(34)51-38)33-26-25-31(28-15-4-5-16-29(28)33)41-30-17-6-7-18-32(30)43-42(47-41)35-20-9-11-24-39(35)52-43/h1-26H. The van der Waals surface area contributed by atoms with Crippen LogP contribution in [0.2, 0.25) is 0 Å². The van der Waals surface area contributed by atoms with Gasteiger partial charge in [0.2, 0.25) is 0 Å². The first-order valence-electron chi connectivity index (χ1n) is 17.2. The van der Waals surface area contributed by atoms with E-state index in [9.17, 15) is 0 Å². The Labute approximate surface area is 301 Å². The van der Waals surface area contributed by atoms with Crippen LogP contribution >= 0.6 is 11.3 Å². The van der Waals surface area contributed by atoms with Crippen molar-refractivity contribution in [1.29, 1.82) is 0 Å². The van der Waals surface area contributed by atoms with Crippen molar-refractivity contribution < 1.29 is 4.42 Å². The average Bonchev–Trinajstić information content (AvgIpc) is 3.79. The number of para-hydroxylation sites is 1. The second-order valence-corrected chi connectivity index (χ2v) is 14.0. The molecule has 0 fully saturated rings. The number of hydrogen-bond donors (Lipinski definition) is 0. The van der Waals surface area contributed by atoms with Gasteiger partial charge in [-0.2, -0.15) is 0 Å². The van der Waals surface area contributed by atoms with Gasteiger partial charge in [-0.15, -0.1) is 11.3 Å². The second kappa shape index (κ2) is 11.4. The van der Waals surface area contributed by atoms with Crippen molar-refractivity contribution in [2.75, 3.05) is 0 Å². The molecular weight excluding hydrogens is 657 g/mol. The van der Waals surface area contributed by atoms with Crippen LogP contribution in [-0.2, 0) is 0 Å². The number of rotatable bonds is 4. The normalized spacial score (nSPS) is 11.8. The zero-order valence-electron chi connectivity index (χ0n) is 27.6. The maximum Gasteiger partial charge on any atom is 0.164 e. The largest absolute Gasteiger partial charge is 0.456 e. The summed E-state index contributed by atoms with van der Waals surface area (Å²) in [6.45, 7) is 0. The van der Waals surface area contributed by atoms with Crippen LogP contribution in [0.1, 0.15) is 0 Å².